The lowest BCUT2D eigenvalue weighted by molar-refractivity contribution is -0.402. The molecule has 0 unspecified atom stereocenters. The van der Waals surface area contributed by atoms with E-state index in [0.29, 0.717) is 0 Å². The minimum Gasteiger partial charge on any atom is -0.364 e. The van der Waals surface area contributed by atoms with Gasteiger partial charge >= 0.3 is 0 Å². The van der Waals surface area contributed by atoms with Crippen molar-refractivity contribution < 1.29 is 4.92 Å². The molecule has 5 nitrogen and oxygen atoms in total. The van der Waals surface area contributed by atoms with Gasteiger partial charge < -0.3 is 9.80 Å². The van der Waals surface area contributed by atoms with Gasteiger partial charge in [-0.15, -0.1) is 0 Å². The highest BCUT2D eigenvalue weighted by atomic mass is 16.6. The van der Waals surface area contributed by atoms with Crippen LogP contribution >= 0.6 is 0 Å². The van der Waals surface area contributed by atoms with Crippen LogP contribution in [0.1, 0.15) is 0 Å². The first-order chi connectivity index (χ1) is 5.95. The van der Waals surface area contributed by atoms with Crippen LogP contribution in [0.3, 0.4) is 0 Å². The number of nitrogens with zero attached hydrogens (tertiary/aromatic N) is 3. The van der Waals surface area contributed by atoms with Crippen LogP contribution in [0.4, 0.5) is 0 Å². The average Bonchev–Trinajstić information content (AvgIpc) is 1.95. The van der Waals surface area contributed by atoms with E-state index < -0.39 is 4.92 Å². The summed E-state index contributed by atoms with van der Waals surface area (Å²) >= 11 is 0. The molecule has 0 fully saturated rings. The molecule has 0 radical (unpaired) electrons. The number of rotatable bonds is 4. The Labute approximate surface area is 78.1 Å². The van der Waals surface area contributed by atoms with Crippen molar-refractivity contribution in [1.82, 2.24) is 9.80 Å². The van der Waals surface area contributed by atoms with Crippen molar-refractivity contribution in [2.75, 3.05) is 28.2 Å². The predicted molar refractivity (Wildman–Crippen MR) is 51.6 cm³/mol. The first kappa shape index (κ1) is 11.5. The quantitative estimate of drug-likeness (QED) is 0.368. The van der Waals surface area contributed by atoms with Gasteiger partial charge in [0.05, 0.1) is 4.92 Å². The third kappa shape index (κ3) is 4.84. The zero-order valence-corrected chi connectivity index (χ0v) is 8.39. The minimum atomic E-state index is -0.487. The molecule has 0 aromatic heterocycles. The van der Waals surface area contributed by atoms with Crippen LogP contribution in [0.5, 0.6) is 0 Å². The maximum absolute atomic E-state index is 9.98. The highest BCUT2D eigenvalue weighted by molar-refractivity contribution is 5.07. The van der Waals surface area contributed by atoms with Gasteiger partial charge in [0, 0.05) is 34.3 Å². The Bertz CT molecular complexity index is 222. The topological polar surface area (TPSA) is 49.6 Å². The fourth-order valence-electron chi connectivity index (χ4n) is 0.898. The van der Waals surface area contributed by atoms with Crippen LogP contribution in [-0.4, -0.2) is 42.9 Å². The van der Waals surface area contributed by atoms with E-state index in [9.17, 15) is 10.1 Å². The van der Waals surface area contributed by atoms with Gasteiger partial charge in [-0.25, -0.2) is 0 Å². The molecule has 0 aromatic rings. The molecule has 0 rings (SSSR count). The molecule has 0 aromatic carbocycles. The Kier molecular flexibility index (Phi) is 4.58. The van der Waals surface area contributed by atoms with Gasteiger partial charge in [0.2, 0.25) is 6.20 Å². The Morgan fingerprint density at radius 2 is 1.69 bits per heavy atom. The van der Waals surface area contributed by atoms with Crippen molar-refractivity contribution in [1.29, 1.82) is 0 Å². The molecular formula is C8H15N3O2. The molecular weight excluding hydrogens is 170 g/mol. The van der Waals surface area contributed by atoms with Gasteiger partial charge in [-0.2, -0.15) is 0 Å². The molecule has 5 heteroatoms. The Morgan fingerprint density at radius 3 is 2.00 bits per heavy atom. The molecule has 0 saturated carbocycles. The van der Waals surface area contributed by atoms with Crippen LogP contribution in [0, 0.1) is 10.1 Å². The smallest absolute Gasteiger partial charge is 0.234 e. The summed E-state index contributed by atoms with van der Waals surface area (Å²) < 4.78 is 0. The summed E-state index contributed by atoms with van der Waals surface area (Å²) in [5.41, 5.74) is 0. The van der Waals surface area contributed by atoms with Crippen molar-refractivity contribution in [3.63, 3.8) is 0 Å². The van der Waals surface area contributed by atoms with Crippen LogP contribution in [0.2, 0.25) is 0 Å². The number of hydrogen-bond donors (Lipinski definition) is 0. The Morgan fingerprint density at radius 1 is 1.23 bits per heavy atom. The zero-order chi connectivity index (χ0) is 10.4. The molecule has 0 aliphatic heterocycles. The van der Waals surface area contributed by atoms with E-state index in [1.807, 2.05) is 38.0 Å². The molecule has 0 saturated heterocycles. The van der Waals surface area contributed by atoms with Gasteiger partial charge in [0.1, 0.15) is 5.82 Å². The van der Waals surface area contributed by atoms with E-state index in [0.717, 1.165) is 12.0 Å². The van der Waals surface area contributed by atoms with Crippen molar-refractivity contribution in [2.45, 2.75) is 0 Å². The summed E-state index contributed by atoms with van der Waals surface area (Å²) in [6, 6.07) is 0. The first-order valence-electron chi connectivity index (χ1n) is 3.81. The summed E-state index contributed by atoms with van der Waals surface area (Å²) in [4.78, 5) is 13.3. The highest BCUT2D eigenvalue weighted by Gasteiger charge is 1.99. The molecule has 0 bridgehead atoms. The van der Waals surface area contributed by atoms with E-state index in [4.69, 9.17) is 0 Å². The monoisotopic (exact) mass is 185 g/mol. The van der Waals surface area contributed by atoms with Gasteiger partial charge in [0.15, 0.2) is 0 Å². The van der Waals surface area contributed by atoms with Crippen molar-refractivity contribution >= 4 is 0 Å². The molecule has 74 valence electrons. The summed E-state index contributed by atoms with van der Waals surface area (Å²) in [5.74, 6) is 0.901. The summed E-state index contributed by atoms with van der Waals surface area (Å²) in [6.07, 6.45) is 4.01. The third-order valence-corrected chi connectivity index (χ3v) is 1.37. The Hall–Kier alpha value is -1.52. The molecule has 0 spiro atoms. The van der Waals surface area contributed by atoms with Crippen LogP contribution in [0.25, 0.3) is 0 Å². The summed E-state index contributed by atoms with van der Waals surface area (Å²) in [6.45, 7) is 0. The largest absolute Gasteiger partial charge is 0.364 e. The maximum atomic E-state index is 9.98. The van der Waals surface area contributed by atoms with E-state index in [1.54, 1.807) is 6.08 Å². The van der Waals surface area contributed by atoms with Crippen LogP contribution in [-0.2, 0) is 0 Å². The van der Waals surface area contributed by atoms with E-state index in [2.05, 4.69) is 0 Å². The lowest BCUT2D eigenvalue weighted by atomic mass is 10.4. The number of hydrogen-bond acceptors (Lipinski definition) is 4. The average molecular weight is 185 g/mol. The van der Waals surface area contributed by atoms with Crippen LogP contribution in [0.15, 0.2) is 24.2 Å². The number of allylic oxidation sites excluding steroid dienone is 2. The van der Waals surface area contributed by atoms with E-state index >= 15 is 0 Å². The summed E-state index contributed by atoms with van der Waals surface area (Å²) in [5, 5.41) is 9.98. The molecule has 0 atom stereocenters. The van der Waals surface area contributed by atoms with Gasteiger partial charge in [-0.05, 0) is 6.08 Å². The number of nitro groups is 1. The SMILES string of the molecule is CN(C)C(=C/C=C/[N+](=O)[O-])N(C)C. The van der Waals surface area contributed by atoms with Crippen molar-refractivity contribution in [2.24, 2.45) is 0 Å². The van der Waals surface area contributed by atoms with Gasteiger partial charge in [0.25, 0.3) is 0 Å². The highest BCUT2D eigenvalue weighted by Crippen LogP contribution is 2.01. The summed E-state index contributed by atoms with van der Waals surface area (Å²) in [7, 11) is 7.52. The first-order valence-corrected chi connectivity index (χ1v) is 3.81. The second-order valence-electron chi connectivity index (χ2n) is 2.94. The minimum absolute atomic E-state index is 0.487. The second-order valence-corrected chi connectivity index (χ2v) is 2.94. The maximum Gasteiger partial charge on any atom is 0.234 e. The lowest BCUT2D eigenvalue weighted by Crippen LogP contribution is -2.24. The van der Waals surface area contributed by atoms with Crippen LogP contribution < -0.4 is 0 Å². The van der Waals surface area contributed by atoms with E-state index in [1.165, 1.54) is 6.08 Å². The molecule has 0 heterocycles. The van der Waals surface area contributed by atoms with Gasteiger partial charge in [-0.1, -0.05) is 0 Å². The van der Waals surface area contributed by atoms with Crippen molar-refractivity contribution in [3.05, 3.63) is 34.3 Å². The molecule has 0 N–H and O–H groups in total. The van der Waals surface area contributed by atoms with Gasteiger partial charge in [-0.3, -0.25) is 10.1 Å². The normalized spacial score (nSPS) is 9.85. The second kappa shape index (κ2) is 5.18. The lowest BCUT2D eigenvalue weighted by Gasteiger charge is -2.23. The molecule has 0 amide bonds. The fraction of sp³-hybridized carbons (Fsp3) is 0.500. The standard InChI is InChI=1S/C8H15N3O2/c1-9(2)8(10(3)4)6-5-7-11(12)13/h5-7H,1-4H3/b7-5+. The Balaban J connectivity index is 4.46. The predicted octanol–water partition coefficient (Wildman–Crippen LogP) is 0.741. The zero-order valence-electron chi connectivity index (χ0n) is 8.39. The van der Waals surface area contributed by atoms with Crippen molar-refractivity contribution in [3.8, 4) is 0 Å². The molecule has 0 aliphatic carbocycles. The third-order valence-electron chi connectivity index (χ3n) is 1.37. The van der Waals surface area contributed by atoms with E-state index in [-0.39, 0.29) is 0 Å². The molecule has 13 heavy (non-hydrogen) atoms. The fourth-order valence-corrected chi connectivity index (χ4v) is 0.898. The molecule has 0 aliphatic rings.